The molecule has 0 saturated carbocycles. The van der Waals surface area contributed by atoms with Gasteiger partial charge in [-0.15, -0.1) is 0 Å². The maximum Gasteiger partial charge on any atom is 0.187 e. The van der Waals surface area contributed by atoms with E-state index in [9.17, 15) is 0 Å². The molecule has 0 aromatic carbocycles. The minimum atomic E-state index is -1.42. The summed E-state index contributed by atoms with van der Waals surface area (Å²) >= 11 is 0. The summed E-state index contributed by atoms with van der Waals surface area (Å²) in [6.07, 6.45) is -0.0247. The van der Waals surface area contributed by atoms with Crippen molar-refractivity contribution in [3.63, 3.8) is 0 Å². The predicted octanol–water partition coefficient (Wildman–Crippen LogP) is 4.31. The fraction of sp³-hybridized carbons (Fsp3) is 1.00. The first kappa shape index (κ1) is 19.9. The second-order valence-corrected chi connectivity index (χ2v) is 13.9. The molecular formula is C10H30O2Si2. The van der Waals surface area contributed by atoms with Gasteiger partial charge in [-0.1, -0.05) is 14.9 Å². The Hall–Kier alpha value is 0.354. The third-order valence-electron chi connectivity index (χ3n) is 1.04. The van der Waals surface area contributed by atoms with Crippen LogP contribution in [0.1, 0.15) is 21.8 Å². The molecule has 14 heavy (non-hydrogen) atoms. The lowest BCUT2D eigenvalue weighted by Crippen LogP contribution is -2.38. The Morgan fingerprint density at radius 3 is 1.07 bits per heavy atom. The number of hydrogen-bond donors (Lipinski definition) is 0. The lowest BCUT2D eigenvalue weighted by Gasteiger charge is -2.28. The topological polar surface area (TPSA) is 18.5 Å². The molecule has 0 spiro atoms. The molecule has 0 radical (unpaired) electrons. The number of hydrogen-bond acceptors (Lipinski definition) is 2. The Morgan fingerprint density at radius 1 is 0.714 bits per heavy atom. The van der Waals surface area contributed by atoms with Crippen LogP contribution in [0, 0.1) is 0 Å². The van der Waals surface area contributed by atoms with Crippen LogP contribution < -0.4 is 0 Å². The lowest BCUT2D eigenvalue weighted by atomic mass is 10.8. The highest BCUT2D eigenvalue weighted by Crippen LogP contribution is 2.13. The maximum absolute atomic E-state index is 5.77. The van der Waals surface area contributed by atoms with Crippen LogP contribution in [-0.4, -0.2) is 22.9 Å². The summed E-state index contributed by atoms with van der Waals surface area (Å²) in [6, 6.07) is 0. The van der Waals surface area contributed by atoms with Crippen molar-refractivity contribution in [1.82, 2.24) is 0 Å². The molecule has 0 aliphatic rings. The molecule has 0 amide bonds. The van der Waals surface area contributed by atoms with E-state index in [4.69, 9.17) is 8.85 Å². The van der Waals surface area contributed by atoms with E-state index in [-0.39, 0.29) is 21.1 Å². The average molecular weight is 239 g/mol. The monoisotopic (exact) mass is 238 g/mol. The SMILES string of the molecule is C.C.CC(O[Si](C)(C)C)O[Si](C)(C)C. The van der Waals surface area contributed by atoms with Crippen LogP contribution in [0.25, 0.3) is 0 Å². The van der Waals surface area contributed by atoms with Crippen LogP contribution in [-0.2, 0) is 8.85 Å². The first-order valence-electron chi connectivity index (χ1n) is 4.46. The van der Waals surface area contributed by atoms with Crippen molar-refractivity contribution in [1.29, 1.82) is 0 Å². The molecule has 0 saturated heterocycles. The molecule has 0 aliphatic carbocycles. The van der Waals surface area contributed by atoms with Crippen LogP contribution in [0.5, 0.6) is 0 Å². The average Bonchev–Trinajstić information content (AvgIpc) is 1.49. The predicted molar refractivity (Wildman–Crippen MR) is 71.8 cm³/mol. The Kier molecular flexibility index (Phi) is 9.60. The Bertz CT molecular complexity index is 120. The zero-order chi connectivity index (χ0) is 9.99. The summed E-state index contributed by atoms with van der Waals surface area (Å²) < 4.78 is 11.5. The summed E-state index contributed by atoms with van der Waals surface area (Å²) in [4.78, 5) is 0. The summed E-state index contributed by atoms with van der Waals surface area (Å²) in [6.45, 7) is 15.1. The second kappa shape index (κ2) is 6.77. The van der Waals surface area contributed by atoms with Gasteiger partial charge in [-0.25, -0.2) is 0 Å². The first-order valence-corrected chi connectivity index (χ1v) is 11.3. The van der Waals surface area contributed by atoms with E-state index < -0.39 is 16.6 Å². The van der Waals surface area contributed by atoms with Gasteiger partial charge < -0.3 is 8.85 Å². The quantitative estimate of drug-likeness (QED) is 0.537. The molecule has 0 aliphatic heterocycles. The van der Waals surface area contributed by atoms with Crippen LogP contribution in [0.2, 0.25) is 39.3 Å². The van der Waals surface area contributed by atoms with Crippen LogP contribution in [0.3, 0.4) is 0 Å². The molecular weight excluding hydrogens is 208 g/mol. The fourth-order valence-electron chi connectivity index (χ4n) is 1.02. The van der Waals surface area contributed by atoms with E-state index in [1.165, 1.54) is 0 Å². The minimum absolute atomic E-state index is 0. The number of rotatable bonds is 4. The van der Waals surface area contributed by atoms with Gasteiger partial charge >= 0.3 is 0 Å². The zero-order valence-electron chi connectivity index (χ0n) is 9.39. The Morgan fingerprint density at radius 2 is 0.929 bits per heavy atom. The molecule has 0 aromatic rings. The van der Waals surface area contributed by atoms with Crippen molar-refractivity contribution in [2.75, 3.05) is 0 Å². The third-order valence-corrected chi connectivity index (χ3v) is 3.12. The van der Waals surface area contributed by atoms with E-state index in [2.05, 4.69) is 39.3 Å². The molecule has 0 aromatic heterocycles. The van der Waals surface area contributed by atoms with Gasteiger partial charge in [0.1, 0.15) is 6.29 Å². The Labute approximate surface area is 93.3 Å². The fourth-order valence-corrected chi connectivity index (χ4v) is 3.20. The van der Waals surface area contributed by atoms with Gasteiger partial charge in [-0.3, -0.25) is 0 Å². The molecule has 0 fully saturated rings. The van der Waals surface area contributed by atoms with E-state index in [1.807, 2.05) is 6.92 Å². The van der Waals surface area contributed by atoms with E-state index >= 15 is 0 Å². The van der Waals surface area contributed by atoms with Crippen LogP contribution >= 0.6 is 0 Å². The van der Waals surface area contributed by atoms with Gasteiger partial charge in [0, 0.05) is 0 Å². The van der Waals surface area contributed by atoms with Gasteiger partial charge in [0.25, 0.3) is 0 Å². The van der Waals surface area contributed by atoms with Crippen molar-refractivity contribution >= 4 is 16.6 Å². The normalized spacial score (nSPS) is 12.0. The molecule has 2 nitrogen and oxygen atoms in total. The zero-order valence-corrected chi connectivity index (χ0v) is 11.4. The second-order valence-electron chi connectivity index (χ2n) is 5.03. The van der Waals surface area contributed by atoms with Gasteiger partial charge in [-0.05, 0) is 46.2 Å². The van der Waals surface area contributed by atoms with E-state index in [1.54, 1.807) is 0 Å². The Balaban J connectivity index is -0.000000605. The third kappa shape index (κ3) is 14.9. The van der Waals surface area contributed by atoms with Gasteiger partial charge in [0.05, 0.1) is 0 Å². The van der Waals surface area contributed by atoms with E-state index in [0.717, 1.165) is 0 Å². The van der Waals surface area contributed by atoms with E-state index in [0.29, 0.717) is 0 Å². The summed E-state index contributed by atoms with van der Waals surface area (Å²) in [5.41, 5.74) is 0. The largest absolute Gasteiger partial charge is 0.394 e. The van der Waals surface area contributed by atoms with Crippen molar-refractivity contribution in [2.24, 2.45) is 0 Å². The van der Waals surface area contributed by atoms with Crippen LogP contribution in [0.15, 0.2) is 0 Å². The highest BCUT2D eigenvalue weighted by molar-refractivity contribution is 6.70. The molecule has 4 heteroatoms. The maximum atomic E-state index is 5.77. The van der Waals surface area contributed by atoms with Crippen molar-refractivity contribution in [2.45, 2.75) is 67.3 Å². The summed E-state index contributed by atoms with van der Waals surface area (Å²) in [5, 5.41) is 0. The molecule has 0 unspecified atom stereocenters. The molecule has 0 bridgehead atoms. The first-order chi connectivity index (χ1) is 5.10. The van der Waals surface area contributed by atoms with Crippen molar-refractivity contribution in [3.05, 3.63) is 0 Å². The standard InChI is InChI=1S/C8H22O2Si2.2CH4/c1-8(9-11(2,3)4)10-12(5,6)7;;/h8H,1-7H3;2*1H4. The minimum Gasteiger partial charge on any atom is -0.394 e. The molecule has 90 valence electrons. The van der Waals surface area contributed by atoms with Crippen molar-refractivity contribution < 1.29 is 8.85 Å². The van der Waals surface area contributed by atoms with Crippen LogP contribution in [0.4, 0.5) is 0 Å². The van der Waals surface area contributed by atoms with Gasteiger partial charge in [-0.2, -0.15) is 0 Å². The highest BCUT2D eigenvalue weighted by atomic mass is 28.4. The van der Waals surface area contributed by atoms with Gasteiger partial charge in [0.2, 0.25) is 0 Å². The summed E-state index contributed by atoms with van der Waals surface area (Å²) in [5.74, 6) is 0. The van der Waals surface area contributed by atoms with Crippen molar-refractivity contribution in [3.8, 4) is 0 Å². The molecule has 0 heterocycles. The molecule has 0 rings (SSSR count). The summed E-state index contributed by atoms with van der Waals surface area (Å²) in [7, 11) is -2.85. The lowest BCUT2D eigenvalue weighted by molar-refractivity contribution is 0.00929. The van der Waals surface area contributed by atoms with Gasteiger partial charge in [0.15, 0.2) is 16.6 Å². The molecule has 0 atom stereocenters. The molecule has 0 N–H and O–H groups in total. The highest BCUT2D eigenvalue weighted by Gasteiger charge is 2.23. The smallest absolute Gasteiger partial charge is 0.187 e.